The van der Waals surface area contributed by atoms with Crippen molar-refractivity contribution < 1.29 is 14.3 Å². The average molecular weight is 469 g/mol. The second-order valence-corrected chi connectivity index (χ2v) is 8.59. The number of methoxy groups -OCH3 is 1. The number of hydrogen-bond acceptors (Lipinski definition) is 8. The molecule has 10 heteroatoms. The summed E-state index contributed by atoms with van der Waals surface area (Å²) in [6.07, 6.45) is -0.271. The zero-order valence-electron chi connectivity index (χ0n) is 18.8. The van der Waals surface area contributed by atoms with Crippen molar-refractivity contribution in [3.63, 3.8) is 0 Å². The van der Waals surface area contributed by atoms with Gasteiger partial charge in [-0.3, -0.25) is 20.5 Å². The molecule has 2 heterocycles. The molecule has 2 aliphatic rings. The summed E-state index contributed by atoms with van der Waals surface area (Å²) in [7, 11) is 1.58. The molecule has 0 aliphatic carbocycles. The molecule has 4 rings (SSSR count). The Kier molecular flexibility index (Phi) is 7.17. The fourth-order valence-electron chi connectivity index (χ4n) is 3.88. The number of amides is 1. The number of fused-ring (bicyclic) bond motifs is 1. The predicted octanol–water partition coefficient (Wildman–Crippen LogP) is 3.06. The second-order valence-electron chi connectivity index (χ2n) is 7.65. The fourth-order valence-corrected chi connectivity index (χ4v) is 4.73. The Hall–Kier alpha value is -3.08. The summed E-state index contributed by atoms with van der Waals surface area (Å²) in [5, 5.41) is 12.4. The van der Waals surface area contributed by atoms with Crippen LogP contribution < -0.4 is 30.5 Å². The van der Waals surface area contributed by atoms with Gasteiger partial charge in [0, 0.05) is 17.8 Å². The van der Waals surface area contributed by atoms with Crippen molar-refractivity contribution in [3.8, 4) is 11.5 Å². The number of anilines is 2. The van der Waals surface area contributed by atoms with Gasteiger partial charge in [-0.15, -0.1) is 0 Å². The van der Waals surface area contributed by atoms with Gasteiger partial charge in [0.05, 0.1) is 31.1 Å². The minimum Gasteiger partial charge on any atom is -0.497 e. The first kappa shape index (κ1) is 23.1. The first-order valence-electron chi connectivity index (χ1n) is 10.8. The smallest absolute Gasteiger partial charge is 0.234 e. The van der Waals surface area contributed by atoms with Gasteiger partial charge in [-0.05, 0) is 38.1 Å². The molecule has 9 nitrogen and oxygen atoms in total. The fraction of sp³-hybridized carbons (Fsp3) is 0.348. The molecule has 0 spiro atoms. The quantitative estimate of drug-likeness (QED) is 0.494. The van der Waals surface area contributed by atoms with E-state index in [2.05, 4.69) is 16.2 Å². The van der Waals surface area contributed by atoms with Crippen LogP contribution in [0.3, 0.4) is 0 Å². The van der Waals surface area contributed by atoms with Crippen LogP contribution in [0.4, 0.5) is 11.4 Å². The molecule has 0 aromatic heterocycles. The number of amidine groups is 2. The Morgan fingerprint density at radius 2 is 2.06 bits per heavy atom. The van der Waals surface area contributed by atoms with Gasteiger partial charge in [0.1, 0.15) is 23.5 Å². The highest BCUT2D eigenvalue weighted by molar-refractivity contribution is 8.14. The number of nitrogens with one attached hydrogen (secondary N) is 4. The summed E-state index contributed by atoms with van der Waals surface area (Å²) in [5.74, 6) is 1.57. The summed E-state index contributed by atoms with van der Waals surface area (Å²) in [6, 6.07) is 14.8. The number of benzene rings is 2. The molecule has 1 saturated heterocycles. The molecule has 0 bridgehead atoms. The molecule has 174 valence electrons. The van der Waals surface area contributed by atoms with Crippen LogP contribution in [-0.2, 0) is 4.79 Å². The van der Waals surface area contributed by atoms with E-state index in [4.69, 9.17) is 19.9 Å². The van der Waals surface area contributed by atoms with Crippen molar-refractivity contribution in [2.45, 2.75) is 26.1 Å². The number of nitrogens with zero attached hydrogens (tertiary/aromatic N) is 2. The third-order valence-corrected chi connectivity index (χ3v) is 6.38. The summed E-state index contributed by atoms with van der Waals surface area (Å²) in [6.45, 7) is 4.45. The van der Waals surface area contributed by atoms with Gasteiger partial charge in [-0.25, -0.2) is 10.4 Å². The number of ether oxygens (including phenoxy) is 2. The summed E-state index contributed by atoms with van der Waals surface area (Å²) in [5.41, 5.74) is 7.73. The topological polar surface area (TPSA) is 111 Å². The molecule has 2 aromatic carbocycles. The SMILES string of the molecule is CCOc1ccccc1N1C(=N)C2C(C)NNC2N=C1SCC(=O)Nc1cccc(OC)c1. The van der Waals surface area contributed by atoms with Crippen molar-refractivity contribution in [2.75, 3.05) is 29.7 Å². The van der Waals surface area contributed by atoms with Crippen LogP contribution in [0.15, 0.2) is 53.5 Å². The van der Waals surface area contributed by atoms with Gasteiger partial charge in [-0.2, -0.15) is 0 Å². The Morgan fingerprint density at radius 1 is 1.24 bits per heavy atom. The Balaban J connectivity index is 1.57. The van der Waals surface area contributed by atoms with Gasteiger partial charge >= 0.3 is 0 Å². The van der Waals surface area contributed by atoms with E-state index in [0.717, 1.165) is 5.69 Å². The van der Waals surface area contributed by atoms with Crippen LogP contribution >= 0.6 is 11.8 Å². The standard InChI is InChI=1S/C23H28N6O3S/c1-4-32-18-11-6-5-10-17(18)29-21(24)20-14(2)27-28-22(20)26-23(29)33-13-19(30)25-15-8-7-9-16(12-15)31-3/h5-12,14,20,22,24,27-28H,4,13H2,1-3H3,(H,25,30). The van der Waals surface area contributed by atoms with E-state index in [-0.39, 0.29) is 29.8 Å². The Labute approximate surface area is 197 Å². The van der Waals surface area contributed by atoms with Crippen molar-refractivity contribution in [2.24, 2.45) is 10.9 Å². The average Bonchev–Trinajstić information content (AvgIpc) is 3.19. The third-order valence-electron chi connectivity index (χ3n) is 5.43. The lowest BCUT2D eigenvalue weighted by Gasteiger charge is -2.36. The van der Waals surface area contributed by atoms with Crippen LogP contribution in [0.5, 0.6) is 11.5 Å². The van der Waals surface area contributed by atoms with Crippen molar-refractivity contribution in [1.82, 2.24) is 10.9 Å². The minimum atomic E-state index is -0.271. The molecule has 3 atom stereocenters. The van der Waals surface area contributed by atoms with Gasteiger partial charge in [-0.1, -0.05) is 30.0 Å². The maximum atomic E-state index is 12.7. The third kappa shape index (κ3) is 4.97. The van der Waals surface area contributed by atoms with E-state index in [9.17, 15) is 4.79 Å². The van der Waals surface area contributed by atoms with Crippen LogP contribution in [-0.4, -0.2) is 48.6 Å². The lowest BCUT2D eigenvalue weighted by molar-refractivity contribution is -0.113. The number of rotatable bonds is 7. The first-order valence-corrected chi connectivity index (χ1v) is 11.8. The lowest BCUT2D eigenvalue weighted by Crippen LogP contribution is -2.50. The number of hydrazine groups is 1. The normalized spacial score (nSPS) is 21.9. The van der Waals surface area contributed by atoms with Crippen LogP contribution in [0.1, 0.15) is 13.8 Å². The van der Waals surface area contributed by atoms with Gasteiger partial charge in [0.15, 0.2) is 5.17 Å². The highest BCUT2D eigenvalue weighted by Crippen LogP contribution is 2.36. The van der Waals surface area contributed by atoms with E-state index in [0.29, 0.717) is 34.8 Å². The molecule has 33 heavy (non-hydrogen) atoms. The zero-order chi connectivity index (χ0) is 23.4. The highest BCUT2D eigenvalue weighted by atomic mass is 32.2. The minimum absolute atomic E-state index is 0.0379. The molecular formula is C23H28N6O3S. The Bertz CT molecular complexity index is 1060. The van der Waals surface area contributed by atoms with E-state index >= 15 is 0 Å². The number of hydrogen-bond donors (Lipinski definition) is 4. The van der Waals surface area contributed by atoms with Crippen LogP contribution in [0.25, 0.3) is 0 Å². The largest absolute Gasteiger partial charge is 0.497 e. The van der Waals surface area contributed by atoms with Crippen molar-refractivity contribution >= 4 is 40.0 Å². The molecule has 0 saturated carbocycles. The predicted molar refractivity (Wildman–Crippen MR) is 132 cm³/mol. The summed E-state index contributed by atoms with van der Waals surface area (Å²) in [4.78, 5) is 19.3. The van der Waals surface area contributed by atoms with Gasteiger partial charge in [0.25, 0.3) is 0 Å². The number of para-hydroxylation sites is 2. The maximum Gasteiger partial charge on any atom is 0.234 e. The maximum absolute atomic E-state index is 12.7. The van der Waals surface area contributed by atoms with Crippen molar-refractivity contribution in [3.05, 3.63) is 48.5 Å². The number of thioether (sulfide) groups is 1. The van der Waals surface area contributed by atoms with Gasteiger partial charge < -0.3 is 14.8 Å². The molecule has 2 aromatic rings. The lowest BCUT2D eigenvalue weighted by atomic mass is 9.97. The van der Waals surface area contributed by atoms with E-state index in [1.165, 1.54) is 11.8 Å². The van der Waals surface area contributed by atoms with Crippen LogP contribution in [0, 0.1) is 11.3 Å². The molecular weight excluding hydrogens is 440 g/mol. The molecule has 0 radical (unpaired) electrons. The first-order chi connectivity index (χ1) is 16.0. The number of carbonyl (C=O) groups excluding carboxylic acids is 1. The monoisotopic (exact) mass is 468 g/mol. The van der Waals surface area contributed by atoms with Crippen LogP contribution in [0.2, 0.25) is 0 Å². The number of aliphatic imine (C=N–C) groups is 1. The van der Waals surface area contributed by atoms with E-state index in [1.54, 1.807) is 18.1 Å². The highest BCUT2D eigenvalue weighted by Gasteiger charge is 2.44. The molecule has 2 aliphatic heterocycles. The molecule has 1 amide bonds. The summed E-state index contributed by atoms with van der Waals surface area (Å²) < 4.78 is 11.0. The Morgan fingerprint density at radius 3 is 2.85 bits per heavy atom. The molecule has 1 fully saturated rings. The second kappa shape index (κ2) is 10.2. The molecule has 3 unspecified atom stereocenters. The zero-order valence-corrected chi connectivity index (χ0v) is 19.6. The van der Waals surface area contributed by atoms with E-state index < -0.39 is 0 Å². The van der Waals surface area contributed by atoms with E-state index in [1.807, 2.05) is 56.3 Å². The number of carbonyl (C=O) groups is 1. The van der Waals surface area contributed by atoms with Gasteiger partial charge in [0.2, 0.25) is 5.91 Å². The summed E-state index contributed by atoms with van der Waals surface area (Å²) >= 11 is 1.29. The van der Waals surface area contributed by atoms with Crippen molar-refractivity contribution in [1.29, 1.82) is 5.41 Å². The molecule has 4 N–H and O–H groups in total.